The molecule has 4 aromatic rings. The van der Waals surface area contributed by atoms with Crippen molar-refractivity contribution in [2.24, 2.45) is 7.05 Å². The number of thioether (sulfide) groups is 1. The van der Waals surface area contributed by atoms with Crippen LogP contribution < -0.4 is 10.3 Å². The third-order valence-corrected chi connectivity index (χ3v) is 5.41. The first kappa shape index (κ1) is 16.9. The molecule has 132 valence electrons. The Hall–Kier alpha value is -2.51. The third kappa shape index (κ3) is 2.73. The molecule has 2 aromatic carbocycles. The summed E-state index contributed by atoms with van der Waals surface area (Å²) >= 11 is 7.62. The van der Waals surface area contributed by atoms with Gasteiger partial charge in [0.15, 0.2) is 5.16 Å². The van der Waals surface area contributed by atoms with Crippen LogP contribution >= 0.6 is 23.4 Å². The molecule has 0 radical (unpaired) electrons. The maximum Gasteiger partial charge on any atom is 0.262 e. The van der Waals surface area contributed by atoms with Gasteiger partial charge in [-0.2, -0.15) is 0 Å². The second kappa shape index (κ2) is 6.66. The van der Waals surface area contributed by atoms with Crippen LogP contribution in [0.4, 0.5) is 0 Å². The van der Waals surface area contributed by atoms with E-state index in [2.05, 4.69) is 10.2 Å². The molecule has 8 heteroatoms. The van der Waals surface area contributed by atoms with Gasteiger partial charge in [0, 0.05) is 23.4 Å². The molecule has 26 heavy (non-hydrogen) atoms. The minimum atomic E-state index is -0.0893. The van der Waals surface area contributed by atoms with Gasteiger partial charge in [-0.25, -0.2) is 0 Å². The molecule has 0 saturated carbocycles. The van der Waals surface area contributed by atoms with Crippen molar-refractivity contribution in [3.63, 3.8) is 0 Å². The van der Waals surface area contributed by atoms with Crippen molar-refractivity contribution in [3.8, 4) is 5.75 Å². The second-order valence-corrected chi connectivity index (χ2v) is 7.12. The molecule has 6 nitrogen and oxygen atoms in total. The van der Waals surface area contributed by atoms with Crippen LogP contribution in [0.15, 0.2) is 52.4 Å². The summed E-state index contributed by atoms with van der Waals surface area (Å²) in [6.45, 7) is 0. The van der Waals surface area contributed by atoms with Gasteiger partial charge in [-0.1, -0.05) is 35.5 Å². The summed E-state index contributed by atoms with van der Waals surface area (Å²) in [5.41, 5.74) is 1.67. The molecule has 4 rings (SSSR count). The minimum Gasteiger partial charge on any atom is -0.496 e. The van der Waals surface area contributed by atoms with Crippen molar-refractivity contribution in [2.75, 3.05) is 7.11 Å². The van der Waals surface area contributed by atoms with Crippen LogP contribution in [0.5, 0.6) is 5.75 Å². The second-order valence-electron chi connectivity index (χ2n) is 5.74. The van der Waals surface area contributed by atoms with E-state index in [1.54, 1.807) is 20.2 Å². The Kier molecular flexibility index (Phi) is 4.34. The van der Waals surface area contributed by atoms with Gasteiger partial charge in [0.05, 0.1) is 18.0 Å². The van der Waals surface area contributed by atoms with Crippen LogP contribution in [0.3, 0.4) is 0 Å². The first-order valence-corrected chi connectivity index (χ1v) is 9.24. The Bertz CT molecular complexity index is 1190. The molecule has 0 aliphatic carbocycles. The standard InChI is InChI=1S/C18H15ClN4O2S/c1-22-16(24)13-5-3-4-6-14(13)23-17(22)20-21-18(23)26-10-11-9-12(19)7-8-15(11)25-2/h3-9H,10H2,1-2H3. The molecule has 0 N–H and O–H groups in total. The van der Waals surface area contributed by atoms with Crippen molar-refractivity contribution in [1.29, 1.82) is 0 Å². The third-order valence-electron chi connectivity index (χ3n) is 4.20. The molecule has 0 bridgehead atoms. The van der Waals surface area contributed by atoms with Crippen LogP contribution in [0, 0.1) is 0 Å². The normalized spacial score (nSPS) is 11.3. The molecule has 0 amide bonds. The quantitative estimate of drug-likeness (QED) is 0.502. The zero-order valence-electron chi connectivity index (χ0n) is 14.1. The first-order chi connectivity index (χ1) is 12.6. The molecule has 0 atom stereocenters. The summed E-state index contributed by atoms with van der Waals surface area (Å²) < 4.78 is 8.82. The molecule has 0 saturated heterocycles. The van der Waals surface area contributed by atoms with Crippen molar-refractivity contribution < 1.29 is 4.74 Å². The molecule has 0 aliphatic rings. The van der Waals surface area contributed by atoms with Crippen molar-refractivity contribution in [2.45, 2.75) is 10.9 Å². The van der Waals surface area contributed by atoms with Gasteiger partial charge in [0.2, 0.25) is 5.78 Å². The van der Waals surface area contributed by atoms with E-state index < -0.39 is 0 Å². The number of rotatable bonds is 4. The van der Waals surface area contributed by atoms with Gasteiger partial charge in [-0.3, -0.25) is 13.8 Å². The van der Waals surface area contributed by atoms with E-state index in [0.717, 1.165) is 16.8 Å². The number of fused-ring (bicyclic) bond motifs is 3. The minimum absolute atomic E-state index is 0.0893. The summed E-state index contributed by atoms with van der Waals surface area (Å²) in [6.07, 6.45) is 0. The summed E-state index contributed by atoms with van der Waals surface area (Å²) in [7, 11) is 3.33. The number of nitrogens with zero attached hydrogens (tertiary/aromatic N) is 4. The van der Waals surface area contributed by atoms with E-state index in [9.17, 15) is 4.79 Å². The maximum absolute atomic E-state index is 12.5. The van der Waals surface area contributed by atoms with Gasteiger partial charge in [0.1, 0.15) is 5.75 Å². The SMILES string of the molecule is COc1ccc(Cl)cc1CSc1nnc2n(C)c(=O)c3ccccc3n12. The highest BCUT2D eigenvalue weighted by molar-refractivity contribution is 7.98. The van der Waals surface area contributed by atoms with Gasteiger partial charge >= 0.3 is 0 Å². The smallest absolute Gasteiger partial charge is 0.262 e. The zero-order chi connectivity index (χ0) is 18.3. The highest BCUT2D eigenvalue weighted by Crippen LogP contribution is 2.30. The van der Waals surface area contributed by atoms with E-state index >= 15 is 0 Å². The predicted molar refractivity (Wildman–Crippen MR) is 103 cm³/mol. The van der Waals surface area contributed by atoms with Crippen molar-refractivity contribution in [1.82, 2.24) is 19.2 Å². The van der Waals surface area contributed by atoms with Gasteiger partial charge in [0.25, 0.3) is 5.56 Å². The molecular formula is C18H15ClN4O2S. The van der Waals surface area contributed by atoms with Crippen LogP contribution in [0.1, 0.15) is 5.56 Å². The van der Waals surface area contributed by atoms with E-state index in [0.29, 0.717) is 27.1 Å². The van der Waals surface area contributed by atoms with E-state index in [1.807, 2.05) is 40.8 Å². The lowest BCUT2D eigenvalue weighted by molar-refractivity contribution is 0.411. The molecular weight excluding hydrogens is 372 g/mol. The zero-order valence-corrected chi connectivity index (χ0v) is 15.7. The Labute approximate surface area is 158 Å². The topological polar surface area (TPSA) is 61.4 Å². The Balaban J connectivity index is 1.81. The summed E-state index contributed by atoms with van der Waals surface area (Å²) in [4.78, 5) is 12.5. The molecule has 0 spiro atoms. The first-order valence-electron chi connectivity index (χ1n) is 7.88. The van der Waals surface area contributed by atoms with Crippen LogP contribution in [0.25, 0.3) is 16.7 Å². The van der Waals surface area contributed by atoms with Crippen LogP contribution in [-0.2, 0) is 12.8 Å². The number of aromatic nitrogens is 4. The van der Waals surface area contributed by atoms with Gasteiger partial charge < -0.3 is 4.74 Å². The number of aryl methyl sites for hydroxylation is 1. The van der Waals surface area contributed by atoms with Crippen molar-refractivity contribution in [3.05, 3.63) is 63.4 Å². The number of benzene rings is 2. The molecule has 2 aromatic heterocycles. The number of hydrogen-bond acceptors (Lipinski definition) is 5. The fraction of sp³-hybridized carbons (Fsp3) is 0.167. The largest absolute Gasteiger partial charge is 0.496 e. The summed E-state index contributed by atoms with van der Waals surface area (Å²) in [6, 6.07) is 13.0. The summed E-state index contributed by atoms with van der Waals surface area (Å²) in [5, 5.41) is 10.5. The Morgan fingerprint density at radius 3 is 2.81 bits per heavy atom. The highest BCUT2D eigenvalue weighted by atomic mass is 35.5. The fourth-order valence-corrected chi connectivity index (χ4v) is 4.02. The van der Waals surface area contributed by atoms with Gasteiger partial charge in [-0.15, -0.1) is 10.2 Å². The fourth-order valence-electron chi connectivity index (χ4n) is 2.91. The molecule has 0 fully saturated rings. The average Bonchev–Trinajstić information content (AvgIpc) is 3.09. The Morgan fingerprint density at radius 1 is 1.19 bits per heavy atom. The van der Waals surface area contributed by atoms with E-state index in [-0.39, 0.29) is 5.56 Å². The van der Waals surface area contributed by atoms with E-state index in [4.69, 9.17) is 16.3 Å². The number of halogens is 1. The highest BCUT2D eigenvalue weighted by Gasteiger charge is 2.15. The van der Waals surface area contributed by atoms with E-state index in [1.165, 1.54) is 16.3 Å². The molecule has 2 heterocycles. The average molecular weight is 387 g/mol. The summed E-state index contributed by atoms with van der Waals surface area (Å²) in [5.74, 6) is 1.89. The predicted octanol–water partition coefficient (Wildman–Crippen LogP) is 3.54. The molecule has 0 unspecified atom stereocenters. The van der Waals surface area contributed by atoms with Crippen molar-refractivity contribution >= 4 is 40.0 Å². The maximum atomic E-state index is 12.5. The number of para-hydroxylation sites is 1. The van der Waals surface area contributed by atoms with Gasteiger partial charge in [-0.05, 0) is 30.3 Å². The number of methoxy groups -OCH3 is 1. The Morgan fingerprint density at radius 2 is 2.00 bits per heavy atom. The lowest BCUT2D eigenvalue weighted by Gasteiger charge is -2.09. The number of ether oxygens (including phenoxy) is 1. The van der Waals surface area contributed by atoms with Crippen LogP contribution in [-0.4, -0.2) is 26.3 Å². The monoisotopic (exact) mass is 386 g/mol. The van der Waals surface area contributed by atoms with Crippen LogP contribution in [0.2, 0.25) is 5.02 Å². The lowest BCUT2D eigenvalue weighted by Crippen LogP contribution is -2.20. The number of hydrogen-bond donors (Lipinski definition) is 0. The molecule has 0 aliphatic heterocycles. The lowest BCUT2D eigenvalue weighted by atomic mass is 10.2.